The molecule has 3 rings (SSSR count). The van der Waals surface area contributed by atoms with Crippen molar-refractivity contribution in [1.82, 2.24) is 9.29 Å². The molecule has 2 heterocycles. The van der Waals surface area contributed by atoms with Gasteiger partial charge in [0.1, 0.15) is 11.6 Å². The minimum absolute atomic E-state index is 0.0609. The van der Waals surface area contributed by atoms with Crippen molar-refractivity contribution in [1.29, 1.82) is 0 Å². The molecule has 1 saturated heterocycles. The lowest BCUT2D eigenvalue weighted by Crippen LogP contribution is -2.41. The first kappa shape index (κ1) is 18.5. The number of anilines is 1. The first-order valence-corrected chi connectivity index (χ1v) is 9.80. The van der Waals surface area contributed by atoms with Crippen molar-refractivity contribution < 1.29 is 17.6 Å². The average Bonchev–Trinajstić information content (AvgIpc) is 2.62. The molecule has 0 aliphatic carbocycles. The van der Waals surface area contributed by atoms with Gasteiger partial charge in [0.2, 0.25) is 15.9 Å². The van der Waals surface area contributed by atoms with Gasteiger partial charge in [-0.05, 0) is 56.2 Å². The highest BCUT2D eigenvalue weighted by molar-refractivity contribution is 7.89. The van der Waals surface area contributed by atoms with Crippen molar-refractivity contribution in [2.45, 2.75) is 24.7 Å². The number of pyridine rings is 1. The van der Waals surface area contributed by atoms with Gasteiger partial charge in [-0.15, -0.1) is 0 Å². The molecule has 0 saturated carbocycles. The zero-order valence-electron chi connectivity index (χ0n) is 14.4. The maximum absolute atomic E-state index is 13.0. The lowest BCUT2D eigenvalue weighted by Gasteiger charge is -2.30. The van der Waals surface area contributed by atoms with Crippen molar-refractivity contribution >= 4 is 21.7 Å². The number of hydrogen-bond acceptors (Lipinski definition) is 4. The lowest BCUT2D eigenvalue weighted by atomic mass is 9.97. The van der Waals surface area contributed by atoms with Gasteiger partial charge in [-0.25, -0.2) is 17.8 Å². The van der Waals surface area contributed by atoms with Crippen LogP contribution in [0.5, 0.6) is 0 Å². The molecule has 1 aromatic carbocycles. The topological polar surface area (TPSA) is 79.4 Å². The number of halogens is 1. The molecule has 1 aliphatic heterocycles. The number of hydrogen-bond donors (Lipinski definition) is 1. The molecule has 0 radical (unpaired) electrons. The van der Waals surface area contributed by atoms with Crippen LogP contribution in [-0.4, -0.2) is 36.7 Å². The number of rotatable bonds is 4. The summed E-state index contributed by atoms with van der Waals surface area (Å²) in [6.45, 7) is 2.34. The van der Waals surface area contributed by atoms with E-state index in [1.165, 1.54) is 16.4 Å². The molecule has 0 spiro atoms. The van der Waals surface area contributed by atoms with Crippen LogP contribution in [0.2, 0.25) is 0 Å². The average molecular weight is 377 g/mol. The highest BCUT2D eigenvalue weighted by atomic mass is 32.2. The number of nitrogens with zero attached hydrogens (tertiary/aromatic N) is 2. The predicted octanol–water partition coefficient (Wildman–Crippen LogP) is 2.57. The Labute approximate surface area is 152 Å². The molecule has 138 valence electrons. The van der Waals surface area contributed by atoms with Crippen LogP contribution in [0.25, 0.3) is 0 Å². The van der Waals surface area contributed by atoms with Gasteiger partial charge in [0.05, 0.1) is 4.90 Å². The van der Waals surface area contributed by atoms with Crippen LogP contribution in [0.1, 0.15) is 18.5 Å². The maximum Gasteiger partial charge on any atom is 0.243 e. The third kappa shape index (κ3) is 4.08. The molecule has 0 atom stereocenters. The fourth-order valence-electron chi connectivity index (χ4n) is 2.95. The molecular weight excluding hydrogens is 357 g/mol. The largest absolute Gasteiger partial charge is 0.310 e. The number of benzene rings is 1. The smallest absolute Gasteiger partial charge is 0.243 e. The Kier molecular flexibility index (Phi) is 5.33. The molecule has 1 amide bonds. The second-order valence-electron chi connectivity index (χ2n) is 6.29. The first-order chi connectivity index (χ1) is 12.4. The highest BCUT2D eigenvalue weighted by Crippen LogP contribution is 2.25. The second kappa shape index (κ2) is 7.51. The molecule has 0 bridgehead atoms. The summed E-state index contributed by atoms with van der Waals surface area (Å²) in [6.07, 6.45) is 0.857. The first-order valence-electron chi connectivity index (χ1n) is 8.36. The standard InChI is InChI=1S/C18H20FN3O3S/c1-13-3-2-4-17(20-13)21-18(23)14-9-11-22(12-10-14)26(24,25)16-7-5-15(19)6-8-16/h2-8,14H,9-12H2,1H3,(H,20,21,23). The number of aryl methyl sites for hydroxylation is 1. The number of aromatic nitrogens is 1. The SMILES string of the molecule is Cc1cccc(NC(=O)C2CCN(S(=O)(=O)c3ccc(F)cc3)CC2)n1. The fraction of sp³-hybridized carbons (Fsp3) is 0.333. The fourth-order valence-corrected chi connectivity index (χ4v) is 4.42. The van der Waals surface area contributed by atoms with Crippen molar-refractivity contribution in [3.8, 4) is 0 Å². The Morgan fingerprint density at radius 2 is 1.81 bits per heavy atom. The molecule has 1 fully saturated rings. The van der Waals surface area contributed by atoms with Gasteiger partial charge in [-0.3, -0.25) is 4.79 Å². The Morgan fingerprint density at radius 1 is 1.15 bits per heavy atom. The maximum atomic E-state index is 13.0. The highest BCUT2D eigenvalue weighted by Gasteiger charge is 2.32. The molecule has 2 aromatic rings. The predicted molar refractivity (Wildman–Crippen MR) is 95.5 cm³/mol. The molecule has 0 unspecified atom stereocenters. The summed E-state index contributed by atoms with van der Waals surface area (Å²) in [5.74, 6) is -0.403. The van der Waals surface area contributed by atoms with E-state index < -0.39 is 15.8 Å². The molecular formula is C18H20FN3O3S. The zero-order valence-corrected chi connectivity index (χ0v) is 15.2. The summed E-state index contributed by atoms with van der Waals surface area (Å²) in [5, 5.41) is 2.78. The zero-order chi connectivity index (χ0) is 18.7. The van der Waals surface area contributed by atoms with Crippen molar-refractivity contribution in [3.05, 3.63) is 54.0 Å². The number of carbonyl (C=O) groups excluding carboxylic acids is 1. The van der Waals surface area contributed by atoms with Gasteiger partial charge in [0.25, 0.3) is 0 Å². The minimum Gasteiger partial charge on any atom is -0.310 e. The van der Waals surface area contributed by atoms with Gasteiger partial charge >= 0.3 is 0 Å². The summed E-state index contributed by atoms with van der Waals surface area (Å²) in [7, 11) is -3.67. The van der Waals surface area contributed by atoms with Gasteiger partial charge in [-0.2, -0.15) is 4.31 Å². The summed E-state index contributed by atoms with van der Waals surface area (Å²) in [6, 6.07) is 10.1. The Balaban J connectivity index is 1.61. The molecule has 1 aliphatic rings. The third-order valence-electron chi connectivity index (χ3n) is 4.42. The monoisotopic (exact) mass is 377 g/mol. The lowest BCUT2D eigenvalue weighted by molar-refractivity contribution is -0.120. The van der Waals surface area contributed by atoms with E-state index in [2.05, 4.69) is 10.3 Å². The van der Waals surface area contributed by atoms with Crippen molar-refractivity contribution in [2.24, 2.45) is 5.92 Å². The van der Waals surface area contributed by atoms with Gasteiger partial charge in [0.15, 0.2) is 0 Å². The normalized spacial score (nSPS) is 16.4. The van der Waals surface area contributed by atoms with Crippen LogP contribution < -0.4 is 5.32 Å². The number of nitrogens with one attached hydrogen (secondary N) is 1. The van der Waals surface area contributed by atoms with Crippen LogP contribution in [-0.2, 0) is 14.8 Å². The van der Waals surface area contributed by atoms with E-state index in [1.807, 2.05) is 19.1 Å². The van der Waals surface area contributed by atoms with E-state index in [0.717, 1.165) is 17.8 Å². The van der Waals surface area contributed by atoms with E-state index >= 15 is 0 Å². The van der Waals surface area contributed by atoms with E-state index in [9.17, 15) is 17.6 Å². The quantitative estimate of drug-likeness (QED) is 0.888. The molecule has 1 N–H and O–H groups in total. The molecule has 1 aromatic heterocycles. The van der Waals surface area contributed by atoms with E-state index in [4.69, 9.17) is 0 Å². The molecule has 6 nitrogen and oxygen atoms in total. The van der Waals surface area contributed by atoms with Crippen LogP contribution in [0.4, 0.5) is 10.2 Å². The number of sulfonamides is 1. The van der Waals surface area contributed by atoms with Crippen LogP contribution in [0.3, 0.4) is 0 Å². The Bertz CT molecular complexity index is 892. The van der Waals surface area contributed by atoms with E-state index in [-0.39, 0.29) is 29.8 Å². The summed E-state index contributed by atoms with van der Waals surface area (Å²) in [5.41, 5.74) is 0.808. The number of amides is 1. The Hall–Kier alpha value is -2.32. The van der Waals surface area contributed by atoms with Crippen molar-refractivity contribution in [3.63, 3.8) is 0 Å². The van der Waals surface area contributed by atoms with Crippen LogP contribution in [0.15, 0.2) is 47.4 Å². The van der Waals surface area contributed by atoms with E-state index in [0.29, 0.717) is 18.7 Å². The summed E-state index contributed by atoms with van der Waals surface area (Å²) >= 11 is 0. The van der Waals surface area contributed by atoms with Gasteiger partial charge in [0, 0.05) is 24.7 Å². The molecule has 26 heavy (non-hydrogen) atoms. The van der Waals surface area contributed by atoms with E-state index in [1.54, 1.807) is 6.07 Å². The van der Waals surface area contributed by atoms with Gasteiger partial charge < -0.3 is 5.32 Å². The van der Waals surface area contributed by atoms with Crippen molar-refractivity contribution in [2.75, 3.05) is 18.4 Å². The minimum atomic E-state index is -3.67. The van der Waals surface area contributed by atoms with Gasteiger partial charge in [-0.1, -0.05) is 6.07 Å². The summed E-state index contributed by atoms with van der Waals surface area (Å²) in [4.78, 5) is 16.7. The second-order valence-corrected chi connectivity index (χ2v) is 8.22. The van der Waals surface area contributed by atoms with Crippen LogP contribution >= 0.6 is 0 Å². The Morgan fingerprint density at radius 3 is 2.42 bits per heavy atom. The van der Waals surface area contributed by atoms with Crippen LogP contribution in [0, 0.1) is 18.7 Å². The number of carbonyl (C=O) groups is 1. The number of piperidine rings is 1. The summed E-state index contributed by atoms with van der Waals surface area (Å²) < 4.78 is 39.5. The third-order valence-corrected chi connectivity index (χ3v) is 6.33. The molecule has 8 heteroatoms.